The summed E-state index contributed by atoms with van der Waals surface area (Å²) in [6, 6.07) is 7.20. The van der Waals surface area contributed by atoms with Crippen molar-refractivity contribution in [2.75, 3.05) is 52.7 Å². The predicted octanol–water partition coefficient (Wildman–Crippen LogP) is 2.66. The normalized spacial score (nSPS) is 26.1. The van der Waals surface area contributed by atoms with Gasteiger partial charge in [0.2, 0.25) is 11.8 Å². The van der Waals surface area contributed by atoms with Gasteiger partial charge in [0.25, 0.3) is 0 Å². The minimum atomic E-state index is -0.483. The average molecular weight is 443 g/mol. The number of nitrogens with one attached hydrogen (secondary N) is 1. The van der Waals surface area contributed by atoms with E-state index in [9.17, 15) is 14.4 Å². The zero-order chi connectivity index (χ0) is 23.1. The fraction of sp³-hybridized carbons (Fsp3) is 0.625. The maximum Gasteiger partial charge on any atom is 0.321 e. The smallest absolute Gasteiger partial charge is 0.321 e. The second-order valence-electron chi connectivity index (χ2n) is 9.82. The highest BCUT2D eigenvalue weighted by atomic mass is 16.5. The number of methoxy groups -OCH3 is 1. The molecular weight excluding hydrogens is 408 g/mol. The van der Waals surface area contributed by atoms with Gasteiger partial charge >= 0.3 is 6.03 Å². The van der Waals surface area contributed by atoms with Gasteiger partial charge < -0.3 is 24.8 Å². The van der Waals surface area contributed by atoms with Crippen molar-refractivity contribution in [3.63, 3.8) is 0 Å². The number of nitrogens with zero attached hydrogens (tertiary/aromatic N) is 3. The number of likely N-dealkylation sites (tertiary alicyclic amines) is 2. The van der Waals surface area contributed by atoms with Crippen molar-refractivity contribution >= 4 is 23.5 Å². The van der Waals surface area contributed by atoms with Crippen molar-refractivity contribution in [1.29, 1.82) is 0 Å². The molecule has 8 heteroatoms. The Morgan fingerprint density at radius 2 is 1.69 bits per heavy atom. The molecule has 2 aliphatic heterocycles. The molecule has 32 heavy (non-hydrogen) atoms. The summed E-state index contributed by atoms with van der Waals surface area (Å²) in [5, 5.41) is 2.97. The number of fused-ring (bicyclic) bond motifs is 2. The molecule has 4 rings (SSSR count). The van der Waals surface area contributed by atoms with Gasteiger partial charge in [0, 0.05) is 52.9 Å². The molecule has 3 aliphatic rings. The van der Waals surface area contributed by atoms with Crippen LogP contribution in [0.1, 0.15) is 32.6 Å². The second kappa shape index (κ2) is 8.30. The number of hydrogen-bond donors (Lipinski definition) is 1. The third-order valence-electron chi connectivity index (χ3n) is 8.02. The molecule has 1 N–H and O–H groups in total. The molecule has 0 unspecified atom stereocenters. The van der Waals surface area contributed by atoms with Crippen LogP contribution in [0.2, 0.25) is 0 Å². The van der Waals surface area contributed by atoms with Crippen LogP contribution in [0.5, 0.6) is 5.75 Å². The first-order chi connectivity index (χ1) is 15.2. The zero-order valence-corrected chi connectivity index (χ0v) is 19.5. The largest absolute Gasteiger partial charge is 0.497 e. The van der Waals surface area contributed by atoms with Crippen LogP contribution in [0.3, 0.4) is 0 Å². The molecular formula is C24H34N4O4. The summed E-state index contributed by atoms with van der Waals surface area (Å²) in [5.41, 5.74) is 0.260. The van der Waals surface area contributed by atoms with Gasteiger partial charge in [0.05, 0.1) is 12.5 Å². The molecule has 2 saturated heterocycles. The highest BCUT2D eigenvalue weighted by Crippen LogP contribution is 2.62. The van der Waals surface area contributed by atoms with Gasteiger partial charge in [-0.15, -0.1) is 0 Å². The van der Waals surface area contributed by atoms with Crippen molar-refractivity contribution in [2.45, 2.75) is 32.6 Å². The van der Waals surface area contributed by atoms with E-state index in [-0.39, 0.29) is 29.2 Å². The molecule has 174 valence electrons. The highest BCUT2D eigenvalue weighted by Gasteiger charge is 2.65. The molecule has 0 bridgehead atoms. The Labute approximate surface area is 189 Å². The lowest BCUT2D eigenvalue weighted by molar-refractivity contribution is -0.141. The monoisotopic (exact) mass is 442 g/mol. The third-order valence-corrected chi connectivity index (χ3v) is 8.02. The van der Waals surface area contributed by atoms with Gasteiger partial charge in [-0.25, -0.2) is 4.79 Å². The molecule has 2 heterocycles. The SMILES string of the molecule is COc1ccc(NC(=O)N2CCC3(CC2)CC[C@]2(C(=O)N(C)C)CN(C(C)=O)C[C@H]32)cc1. The lowest BCUT2D eigenvalue weighted by atomic mass is 9.65. The molecule has 1 aromatic carbocycles. The van der Waals surface area contributed by atoms with Crippen LogP contribution < -0.4 is 10.1 Å². The first-order valence-corrected chi connectivity index (χ1v) is 11.4. The Kier molecular flexibility index (Phi) is 5.81. The van der Waals surface area contributed by atoms with E-state index < -0.39 is 5.41 Å². The van der Waals surface area contributed by atoms with Gasteiger partial charge in [-0.1, -0.05) is 0 Å². The topological polar surface area (TPSA) is 82.2 Å². The van der Waals surface area contributed by atoms with Crippen LogP contribution >= 0.6 is 0 Å². The number of benzene rings is 1. The van der Waals surface area contributed by atoms with Gasteiger partial charge in [-0.3, -0.25) is 9.59 Å². The summed E-state index contributed by atoms with van der Waals surface area (Å²) in [6.45, 7) is 4.07. The number of anilines is 1. The minimum Gasteiger partial charge on any atom is -0.497 e. The van der Waals surface area contributed by atoms with E-state index in [1.54, 1.807) is 18.9 Å². The number of ether oxygens (including phenoxy) is 1. The molecule has 0 radical (unpaired) electrons. The zero-order valence-electron chi connectivity index (χ0n) is 19.5. The van der Waals surface area contributed by atoms with Crippen LogP contribution in [-0.2, 0) is 9.59 Å². The average Bonchev–Trinajstić information content (AvgIpc) is 3.31. The van der Waals surface area contributed by atoms with Gasteiger partial charge in [-0.2, -0.15) is 0 Å². The number of amides is 4. The maximum atomic E-state index is 13.3. The van der Waals surface area contributed by atoms with Crippen molar-refractivity contribution in [2.24, 2.45) is 16.7 Å². The molecule has 3 fully saturated rings. The summed E-state index contributed by atoms with van der Waals surface area (Å²) in [6.07, 6.45) is 3.53. The first-order valence-electron chi connectivity index (χ1n) is 11.4. The molecule has 1 spiro atoms. The fourth-order valence-electron chi connectivity index (χ4n) is 6.23. The Morgan fingerprint density at radius 1 is 1.03 bits per heavy atom. The fourth-order valence-corrected chi connectivity index (χ4v) is 6.23. The number of piperidine rings is 1. The van der Waals surface area contributed by atoms with Crippen molar-refractivity contribution in [1.82, 2.24) is 14.7 Å². The predicted molar refractivity (Wildman–Crippen MR) is 121 cm³/mol. The Bertz CT molecular complexity index is 892. The van der Waals surface area contributed by atoms with Gasteiger partial charge in [0.1, 0.15) is 5.75 Å². The Balaban J connectivity index is 1.45. The summed E-state index contributed by atoms with van der Waals surface area (Å²) >= 11 is 0. The molecule has 1 aromatic rings. The molecule has 0 aromatic heterocycles. The van der Waals surface area contributed by atoms with Crippen LogP contribution in [0.25, 0.3) is 0 Å². The van der Waals surface area contributed by atoms with Crippen molar-refractivity contribution in [3.8, 4) is 5.75 Å². The number of carbonyl (C=O) groups excluding carboxylic acids is 3. The minimum absolute atomic E-state index is 0.00671. The maximum absolute atomic E-state index is 13.3. The number of urea groups is 1. The van der Waals surface area contributed by atoms with E-state index in [2.05, 4.69) is 5.32 Å². The number of carbonyl (C=O) groups is 3. The summed E-state index contributed by atoms with van der Waals surface area (Å²) in [7, 11) is 5.23. The number of hydrogen-bond acceptors (Lipinski definition) is 4. The quantitative estimate of drug-likeness (QED) is 0.780. The molecule has 1 saturated carbocycles. The van der Waals surface area contributed by atoms with Gasteiger partial charge in [0.15, 0.2) is 0 Å². The molecule has 8 nitrogen and oxygen atoms in total. The van der Waals surface area contributed by atoms with E-state index in [0.29, 0.717) is 26.2 Å². The van der Waals surface area contributed by atoms with Crippen molar-refractivity contribution in [3.05, 3.63) is 24.3 Å². The Hall–Kier alpha value is -2.77. The first kappa shape index (κ1) is 22.4. The summed E-state index contributed by atoms with van der Waals surface area (Å²) in [5.74, 6) is 1.08. The van der Waals surface area contributed by atoms with E-state index >= 15 is 0 Å². The van der Waals surface area contributed by atoms with E-state index in [1.807, 2.05) is 48.2 Å². The lowest BCUT2D eigenvalue weighted by Crippen LogP contribution is -2.50. The van der Waals surface area contributed by atoms with Gasteiger partial charge in [-0.05, 0) is 61.3 Å². The van der Waals surface area contributed by atoms with E-state index in [0.717, 1.165) is 37.1 Å². The summed E-state index contributed by atoms with van der Waals surface area (Å²) in [4.78, 5) is 43.7. The van der Waals surface area contributed by atoms with E-state index in [1.165, 1.54) is 0 Å². The highest BCUT2D eigenvalue weighted by molar-refractivity contribution is 5.89. The van der Waals surface area contributed by atoms with Crippen LogP contribution in [0.15, 0.2) is 24.3 Å². The third kappa shape index (κ3) is 3.69. The van der Waals surface area contributed by atoms with Crippen LogP contribution in [0.4, 0.5) is 10.5 Å². The van der Waals surface area contributed by atoms with E-state index in [4.69, 9.17) is 4.74 Å². The van der Waals surface area contributed by atoms with Crippen molar-refractivity contribution < 1.29 is 19.1 Å². The molecule has 2 atom stereocenters. The lowest BCUT2D eigenvalue weighted by Gasteiger charge is -2.44. The molecule has 4 amide bonds. The molecule has 1 aliphatic carbocycles. The van der Waals surface area contributed by atoms with Crippen LogP contribution in [-0.4, -0.2) is 79.9 Å². The second-order valence-corrected chi connectivity index (χ2v) is 9.82. The summed E-state index contributed by atoms with van der Waals surface area (Å²) < 4.78 is 5.17. The number of rotatable bonds is 3. The Morgan fingerprint density at radius 3 is 2.25 bits per heavy atom. The standard InChI is InChI=1S/C24H34N4O4/c1-17(29)28-15-20-23(9-10-24(20,16-28)21(30)26(2)3)11-13-27(14-12-23)22(31)25-18-5-7-19(32-4)8-6-18/h5-8,20H,9-16H2,1-4H3,(H,25,31)/t20-,24+/m1/s1. The van der Waals surface area contributed by atoms with Crippen LogP contribution in [0, 0.1) is 16.7 Å².